The summed E-state index contributed by atoms with van der Waals surface area (Å²) in [6.45, 7) is 0. The minimum absolute atomic E-state index is 0.515. The SMILES string of the molecule is ClCCc1nc2cc(Cl)cnc2n1-c1ccc(I)cc1. The average Bonchev–Trinajstić information content (AvgIpc) is 2.77. The van der Waals surface area contributed by atoms with Gasteiger partial charge in [0.2, 0.25) is 0 Å². The standard InChI is InChI=1S/C14H10Cl2IN3/c15-6-5-13-19-12-7-9(16)8-18-14(12)20(13)11-3-1-10(17)2-4-11/h1-4,7-8H,5-6H2. The van der Waals surface area contributed by atoms with E-state index in [4.69, 9.17) is 23.2 Å². The van der Waals surface area contributed by atoms with Crippen LogP contribution in [0.1, 0.15) is 5.82 Å². The summed E-state index contributed by atoms with van der Waals surface area (Å²) < 4.78 is 3.22. The first kappa shape index (κ1) is 14.1. The van der Waals surface area contributed by atoms with E-state index in [9.17, 15) is 0 Å². The molecule has 0 aliphatic rings. The second-order valence-corrected chi connectivity index (χ2v) is 6.34. The molecule has 0 amide bonds. The maximum absolute atomic E-state index is 5.99. The molecule has 3 rings (SSSR count). The molecule has 0 atom stereocenters. The number of pyridine rings is 1. The molecule has 2 aromatic heterocycles. The smallest absolute Gasteiger partial charge is 0.164 e. The highest BCUT2D eigenvalue weighted by molar-refractivity contribution is 14.1. The molecular formula is C14H10Cl2IN3. The van der Waals surface area contributed by atoms with E-state index < -0.39 is 0 Å². The second-order valence-electron chi connectivity index (χ2n) is 4.28. The van der Waals surface area contributed by atoms with Crippen molar-refractivity contribution in [2.75, 3.05) is 5.88 Å². The second kappa shape index (κ2) is 5.87. The molecule has 0 saturated heterocycles. The summed E-state index contributed by atoms with van der Waals surface area (Å²) in [6, 6.07) is 10.0. The highest BCUT2D eigenvalue weighted by Crippen LogP contribution is 2.23. The van der Waals surface area contributed by atoms with E-state index in [2.05, 4.69) is 56.8 Å². The molecule has 0 fully saturated rings. The summed E-state index contributed by atoms with van der Waals surface area (Å²) in [4.78, 5) is 9.00. The quantitative estimate of drug-likeness (QED) is 0.465. The Morgan fingerprint density at radius 2 is 1.95 bits per heavy atom. The molecule has 3 nitrogen and oxygen atoms in total. The number of hydrogen-bond donors (Lipinski definition) is 0. The Kier molecular flexibility index (Phi) is 4.14. The van der Waals surface area contributed by atoms with Gasteiger partial charge in [0.05, 0.1) is 5.02 Å². The van der Waals surface area contributed by atoms with E-state index in [0.717, 1.165) is 22.7 Å². The summed E-state index contributed by atoms with van der Waals surface area (Å²) in [6.07, 6.45) is 2.32. The van der Waals surface area contributed by atoms with Gasteiger partial charge in [0.1, 0.15) is 11.3 Å². The van der Waals surface area contributed by atoms with Gasteiger partial charge in [-0.1, -0.05) is 11.6 Å². The molecule has 3 aromatic rings. The van der Waals surface area contributed by atoms with Crippen LogP contribution < -0.4 is 0 Å². The third-order valence-corrected chi connectivity index (χ3v) is 4.05. The van der Waals surface area contributed by atoms with Crippen LogP contribution in [0.25, 0.3) is 16.9 Å². The molecule has 0 unspecified atom stereocenters. The fraction of sp³-hybridized carbons (Fsp3) is 0.143. The van der Waals surface area contributed by atoms with E-state index in [-0.39, 0.29) is 0 Å². The molecule has 0 aliphatic heterocycles. The van der Waals surface area contributed by atoms with Crippen LogP contribution >= 0.6 is 45.8 Å². The van der Waals surface area contributed by atoms with Crippen molar-refractivity contribution in [1.82, 2.24) is 14.5 Å². The average molecular weight is 418 g/mol. The summed E-state index contributed by atoms with van der Waals surface area (Å²) in [5, 5.41) is 0.585. The first-order valence-corrected chi connectivity index (χ1v) is 8.03. The minimum Gasteiger partial charge on any atom is -0.281 e. The zero-order chi connectivity index (χ0) is 14.1. The fourth-order valence-corrected chi connectivity index (χ4v) is 2.78. The largest absolute Gasteiger partial charge is 0.281 e. The summed E-state index contributed by atoms with van der Waals surface area (Å²) in [5.74, 6) is 1.41. The number of alkyl halides is 1. The lowest BCUT2D eigenvalue weighted by molar-refractivity contribution is 0.905. The van der Waals surface area contributed by atoms with E-state index >= 15 is 0 Å². The van der Waals surface area contributed by atoms with E-state index in [1.807, 2.05) is 10.6 Å². The number of hydrogen-bond acceptors (Lipinski definition) is 2. The van der Waals surface area contributed by atoms with Crippen LogP contribution in [-0.2, 0) is 6.42 Å². The molecule has 0 aliphatic carbocycles. The zero-order valence-corrected chi connectivity index (χ0v) is 14.0. The molecule has 0 spiro atoms. The molecule has 6 heteroatoms. The number of fused-ring (bicyclic) bond motifs is 1. The van der Waals surface area contributed by atoms with Crippen LogP contribution in [0.4, 0.5) is 0 Å². The summed E-state index contributed by atoms with van der Waals surface area (Å²) in [7, 11) is 0. The van der Waals surface area contributed by atoms with Gasteiger partial charge >= 0.3 is 0 Å². The van der Waals surface area contributed by atoms with Crippen molar-refractivity contribution in [3.63, 3.8) is 0 Å². The number of rotatable bonds is 3. The Labute approximate surface area is 140 Å². The lowest BCUT2D eigenvalue weighted by Gasteiger charge is -2.08. The fourth-order valence-electron chi connectivity index (χ4n) is 2.10. The number of benzene rings is 1. The lowest BCUT2D eigenvalue weighted by Crippen LogP contribution is -2.02. The molecular weight excluding hydrogens is 408 g/mol. The predicted molar refractivity (Wildman–Crippen MR) is 91.0 cm³/mol. The third-order valence-electron chi connectivity index (χ3n) is 2.94. The van der Waals surface area contributed by atoms with E-state index in [1.54, 1.807) is 6.20 Å². The molecule has 0 N–H and O–H groups in total. The molecule has 0 saturated carbocycles. The Morgan fingerprint density at radius 1 is 1.20 bits per heavy atom. The van der Waals surface area contributed by atoms with Gasteiger partial charge in [-0.3, -0.25) is 4.57 Å². The maximum Gasteiger partial charge on any atom is 0.164 e. The maximum atomic E-state index is 5.99. The van der Waals surface area contributed by atoms with Crippen LogP contribution in [0.5, 0.6) is 0 Å². The monoisotopic (exact) mass is 417 g/mol. The van der Waals surface area contributed by atoms with Crippen molar-refractivity contribution in [2.24, 2.45) is 0 Å². The molecule has 102 valence electrons. The predicted octanol–water partition coefficient (Wildman–Crippen LogP) is 4.46. The Balaban J connectivity index is 2.25. The van der Waals surface area contributed by atoms with Crippen molar-refractivity contribution in [2.45, 2.75) is 6.42 Å². The van der Waals surface area contributed by atoms with Gasteiger partial charge in [-0.15, -0.1) is 11.6 Å². The lowest BCUT2D eigenvalue weighted by atomic mass is 10.3. The van der Waals surface area contributed by atoms with Crippen molar-refractivity contribution < 1.29 is 0 Å². The Bertz CT molecular complexity index is 753. The van der Waals surface area contributed by atoms with Gasteiger partial charge in [0.15, 0.2) is 5.65 Å². The summed E-state index contributed by atoms with van der Waals surface area (Å²) >= 11 is 14.1. The zero-order valence-electron chi connectivity index (χ0n) is 10.4. The third kappa shape index (κ3) is 2.64. The molecule has 1 aromatic carbocycles. The normalized spacial score (nSPS) is 11.2. The highest BCUT2D eigenvalue weighted by atomic mass is 127. The van der Waals surface area contributed by atoms with E-state index in [1.165, 1.54) is 3.57 Å². The van der Waals surface area contributed by atoms with Crippen molar-refractivity contribution in [3.05, 3.63) is 50.9 Å². The van der Waals surface area contributed by atoms with Crippen LogP contribution in [0.3, 0.4) is 0 Å². The van der Waals surface area contributed by atoms with Gasteiger partial charge in [0.25, 0.3) is 0 Å². The van der Waals surface area contributed by atoms with Gasteiger partial charge in [-0.2, -0.15) is 0 Å². The minimum atomic E-state index is 0.515. The number of halogens is 3. The first-order valence-electron chi connectivity index (χ1n) is 6.04. The highest BCUT2D eigenvalue weighted by Gasteiger charge is 2.13. The van der Waals surface area contributed by atoms with Crippen LogP contribution in [0.15, 0.2) is 36.5 Å². The van der Waals surface area contributed by atoms with Crippen molar-refractivity contribution >= 4 is 57.0 Å². The molecule has 0 radical (unpaired) electrons. The Hall–Kier alpha value is -0.850. The van der Waals surface area contributed by atoms with Crippen LogP contribution in [0, 0.1) is 3.57 Å². The van der Waals surface area contributed by atoms with Gasteiger partial charge in [0, 0.05) is 27.8 Å². The number of nitrogens with zero attached hydrogens (tertiary/aromatic N) is 3. The van der Waals surface area contributed by atoms with Crippen molar-refractivity contribution in [3.8, 4) is 5.69 Å². The van der Waals surface area contributed by atoms with Gasteiger partial charge in [-0.25, -0.2) is 9.97 Å². The number of aromatic nitrogens is 3. The Morgan fingerprint density at radius 3 is 2.65 bits per heavy atom. The van der Waals surface area contributed by atoms with E-state index in [0.29, 0.717) is 17.3 Å². The number of aryl methyl sites for hydroxylation is 1. The molecule has 2 heterocycles. The number of imidazole rings is 1. The van der Waals surface area contributed by atoms with Crippen LogP contribution in [-0.4, -0.2) is 20.4 Å². The van der Waals surface area contributed by atoms with Gasteiger partial charge < -0.3 is 0 Å². The van der Waals surface area contributed by atoms with Crippen molar-refractivity contribution in [1.29, 1.82) is 0 Å². The first-order chi connectivity index (χ1) is 9.69. The topological polar surface area (TPSA) is 30.7 Å². The molecule has 20 heavy (non-hydrogen) atoms. The summed E-state index contributed by atoms with van der Waals surface area (Å²) in [5.41, 5.74) is 2.62. The van der Waals surface area contributed by atoms with Gasteiger partial charge in [-0.05, 0) is 52.9 Å². The van der Waals surface area contributed by atoms with Crippen LogP contribution in [0.2, 0.25) is 5.02 Å². The molecule has 0 bridgehead atoms.